The molecule has 2 bridgehead atoms. The lowest BCUT2D eigenvalue weighted by atomic mass is 9.89. The van der Waals surface area contributed by atoms with Crippen molar-refractivity contribution < 1.29 is 32.0 Å². The Hall–Kier alpha value is -1.93. The molecule has 0 amide bonds. The van der Waals surface area contributed by atoms with Crippen LogP contribution in [0.5, 0.6) is 5.75 Å². The predicted molar refractivity (Wildman–Crippen MR) is 92.5 cm³/mol. The van der Waals surface area contributed by atoms with Crippen LogP contribution in [-0.2, 0) is 19.6 Å². The Morgan fingerprint density at radius 2 is 2.00 bits per heavy atom. The van der Waals surface area contributed by atoms with Crippen molar-refractivity contribution in [3.8, 4) is 5.75 Å². The number of hydrogen-bond acceptors (Lipinski definition) is 6. The summed E-state index contributed by atoms with van der Waals surface area (Å²) in [4.78, 5) is 24.5. The minimum absolute atomic E-state index is 0.0708. The normalized spacial score (nSPS) is 24.5. The van der Waals surface area contributed by atoms with E-state index in [2.05, 4.69) is 0 Å². The van der Waals surface area contributed by atoms with Crippen molar-refractivity contribution in [2.75, 3.05) is 12.4 Å². The molecule has 0 saturated heterocycles. The Labute approximate surface area is 152 Å². The van der Waals surface area contributed by atoms with E-state index in [4.69, 9.17) is 14.0 Å². The highest BCUT2D eigenvalue weighted by atomic mass is 32.2. The minimum atomic E-state index is -4.19. The molecule has 26 heavy (non-hydrogen) atoms. The Morgan fingerprint density at radius 1 is 1.23 bits per heavy atom. The number of aryl methyl sites for hydroxylation is 1. The van der Waals surface area contributed by atoms with Crippen LogP contribution in [0.2, 0.25) is 0 Å². The predicted octanol–water partition coefficient (Wildman–Crippen LogP) is 2.38. The fraction of sp³-hybridized carbons (Fsp3) is 0.556. The van der Waals surface area contributed by atoms with Crippen molar-refractivity contribution in [3.05, 3.63) is 29.3 Å². The number of ether oxygens (including phenoxy) is 2. The molecule has 2 fully saturated rings. The first-order valence-corrected chi connectivity index (χ1v) is 10.3. The van der Waals surface area contributed by atoms with Gasteiger partial charge in [0, 0.05) is 0 Å². The average molecular weight is 382 g/mol. The molecule has 0 aromatic heterocycles. The van der Waals surface area contributed by atoms with E-state index in [1.165, 1.54) is 18.6 Å². The van der Waals surface area contributed by atoms with Crippen LogP contribution in [0, 0.1) is 24.7 Å². The monoisotopic (exact) mass is 382 g/mol. The highest BCUT2D eigenvalue weighted by Gasteiger charge is 2.44. The van der Waals surface area contributed by atoms with E-state index in [-0.39, 0.29) is 17.5 Å². The molecule has 0 spiro atoms. The van der Waals surface area contributed by atoms with Gasteiger partial charge >= 0.3 is 11.9 Å². The SMILES string of the molecule is Cc1ccc(C(=O)OCCS(=O)(=O)O)cc1OC(=O)C1CC2CCC1C2. The fourth-order valence-corrected chi connectivity index (χ4v) is 4.17. The number of rotatable bonds is 6. The lowest BCUT2D eigenvalue weighted by Crippen LogP contribution is -2.25. The summed E-state index contributed by atoms with van der Waals surface area (Å²) in [5, 5.41) is 0. The molecule has 7 nitrogen and oxygen atoms in total. The third-order valence-corrected chi connectivity index (χ3v) is 5.93. The third-order valence-electron chi connectivity index (χ3n) is 5.25. The Balaban J connectivity index is 1.63. The zero-order valence-electron chi connectivity index (χ0n) is 14.5. The van der Waals surface area contributed by atoms with E-state index >= 15 is 0 Å². The molecule has 3 unspecified atom stereocenters. The van der Waals surface area contributed by atoms with Crippen molar-refractivity contribution in [2.45, 2.75) is 32.6 Å². The summed E-state index contributed by atoms with van der Waals surface area (Å²) < 4.78 is 40.3. The zero-order chi connectivity index (χ0) is 18.9. The number of carbonyl (C=O) groups is 2. The number of hydrogen-bond donors (Lipinski definition) is 1. The van der Waals surface area contributed by atoms with Gasteiger partial charge < -0.3 is 9.47 Å². The van der Waals surface area contributed by atoms with Crippen LogP contribution in [0.1, 0.15) is 41.6 Å². The van der Waals surface area contributed by atoms with Gasteiger partial charge in [0.25, 0.3) is 10.1 Å². The summed E-state index contributed by atoms with van der Waals surface area (Å²) in [5.74, 6) is -0.399. The standard InChI is InChI=1S/C18H22O7S/c1-11-2-4-14(17(19)24-6-7-26(21,22)23)10-16(11)25-18(20)15-9-12-3-5-13(15)8-12/h2,4,10,12-13,15H,3,5-9H2,1H3,(H,21,22,23). The maximum absolute atomic E-state index is 12.5. The fourth-order valence-electron chi connectivity index (χ4n) is 3.88. The molecule has 2 aliphatic rings. The van der Waals surface area contributed by atoms with Crippen LogP contribution in [0.15, 0.2) is 18.2 Å². The van der Waals surface area contributed by atoms with Crippen molar-refractivity contribution >= 4 is 22.1 Å². The van der Waals surface area contributed by atoms with Crippen LogP contribution in [-0.4, -0.2) is 37.3 Å². The lowest BCUT2D eigenvalue weighted by molar-refractivity contribution is -0.140. The largest absolute Gasteiger partial charge is 0.461 e. The second-order valence-electron chi connectivity index (χ2n) is 7.10. The van der Waals surface area contributed by atoms with Gasteiger partial charge in [-0.05, 0) is 55.7 Å². The third kappa shape index (κ3) is 4.42. The molecule has 0 heterocycles. The van der Waals surface area contributed by atoms with E-state index in [1.807, 2.05) is 0 Å². The second kappa shape index (κ2) is 7.36. The van der Waals surface area contributed by atoms with Crippen molar-refractivity contribution in [1.82, 2.24) is 0 Å². The summed E-state index contributed by atoms with van der Waals surface area (Å²) >= 11 is 0. The molecule has 1 N–H and O–H groups in total. The Bertz CT molecular complexity index is 815. The van der Waals surface area contributed by atoms with E-state index in [0.717, 1.165) is 24.8 Å². The van der Waals surface area contributed by atoms with Crippen LogP contribution in [0.4, 0.5) is 0 Å². The molecular formula is C18H22O7S. The molecule has 3 atom stereocenters. The van der Waals surface area contributed by atoms with Crippen LogP contribution in [0.3, 0.4) is 0 Å². The first-order chi connectivity index (χ1) is 12.2. The topological polar surface area (TPSA) is 107 Å². The van der Waals surface area contributed by atoms with Crippen molar-refractivity contribution in [1.29, 1.82) is 0 Å². The van der Waals surface area contributed by atoms with Gasteiger partial charge in [-0.15, -0.1) is 0 Å². The summed E-state index contributed by atoms with van der Waals surface area (Å²) in [6, 6.07) is 4.58. The van der Waals surface area contributed by atoms with Gasteiger partial charge in [0.05, 0.1) is 11.5 Å². The first kappa shape index (κ1) is 18.8. The van der Waals surface area contributed by atoms with Gasteiger partial charge in [0.15, 0.2) is 0 Å². The number of esters is 2. The number of carbonyl (C=O) groups excluding carboxylic acids is 2. The summed E-state index contributed by atoms with van der Waals surface area (Å²) in [6.45, 7) is 1.32. The zero-order valence-corrected chi connectivity index (χ0v) is 15.3. The van der Waals surface area contributed by atoms with E-state index in [9.17, 15) is 18.0 Å². The van der Waals surface area contributed by atoms with Gasteiger partial charge in [-0.2, -0.15) is 8.42 Å². The van der Waals surface area contributed by atoms with E-state index in [0.29, 0.717) is 17.6 Å². The molecule has 1 aromatic carbocycles. The van der Waals surface area contributed by atoms with Crippen molar-refractivity contribution in [3.63, 3.8) is 0 Å². The van der Waals surface area contributed by atoms with Gasteiger partial charge in [-0.3, -0.25) is 9.35 Å². The van der Waals surface area contributed by atoms with Gasteiger partial charge in [0.1, 0.15) is 18.1 Å². The molecule has 0 radical (unpaired) electrons. The molecule has 8 heteroatoms. The molecule has 142 valence electrons. The summed E-state index contributed by atoms with van der Waals surface area (Å²) in [7, 11) is -4.19. The molecule has 2 aliphatic carbocycles. The second-order valence-corrected chi connectivity index (χ2v) is 8.68. The maximum atomic E-state index is 12.5. The van der Waals surface area contributed by atoms with Crippen LogP contribution in [0.25, 0.3) is 0 Å². The van der Waals surface area contributed by atoms with E-state index in [1.54, 1.807) is 13.0 Å². The minimum Gasteiger partial charge on any atom is -0.461 e. The summed E-state index contributed by atoms with van der Waals surface area (Å²) in [6.07, 6.45) is 4.24. The molecular weight excluding hydrogens is 360 g/mol. The maximum Gasteiger partial charge on any atom is 0.338 e. The molecule has 1 aromatic rings. The van der Waals surface area contributed by atoms with Crippen LogP contribution < -0.4 is 4.74 Å². The summed E-state index contributed by atoms with van der Waals surface area (Å²) in [5.41, 5.74) is 0.873. The van der Waals surface area contributed by atoms with Crippen molar-refractivity contribution in [2.24, 2.45) is 17.8 Å². The highest BCUT2D eigenvalue weighted by molar-refractivity contribution is 7.85. The Morgan fingerprint density at radius 3 is 2.62 bits per heavy atom. The van der Waals surface area contributed by atoms with Gasteiger partial charge in [-0.1, -0.05) is 12.5 Å². The average Bonchev–Trinajstić information content (AvgIpc) is 3.18. The van der Waals surface area contributed by atoms with Gasteiger partial charge in [-0.25, -0.2) is 4.79 Å². The number of benzene rings is 1. The smallest absolute Gasteiger partial charge is 0.338 e. The van der Waals surface area contributed by atoms with Crippen LogP contribution >= 0.6 is 0 Å². The first-order valence-electron chi connectivity index (χ1n) is 8.67. The molecule has 2 saturated carbocycles. The highest BCUT2D eigenvalue weighted by Crippen LogP contribution is 2.48. The van der Waals surface area contributed by atoms with E-state index < -0.39 is 28.4 Å². The molecule has 3 rings (SSSR count). The number of fused-ring (bicyclic) bond motifs is 2. The quantitative estimate of drug-likeness (QED) is 0.457. The van der Waals surface area contributed by atoms with Gasteiger partial charge in [0.2, 0.25) is 0 Å². The Kier molecular flexibility index (Phi) is 5.34. The lowest BCUT2D eigenvalue weighted by Gasteiger charge is -2.20. The molecule has 0 aliphatic heterocycles.